The van der Waals surface area contributed by atoms with Gasteiger partial charge in [0.1, 0.15) is 0 Å². The van der Waals surface area contributed by atoms with Gasteiger partial charge in [-0.25, -0.2) is 0 Å². The number of anilines is 1. The van der Waals surface area contributed by atoms with Crippen molar-refractivity contribution in [1.29, 1.82) is 0 Å². The number of benzene rings is 1. The summed E-state index contributed by atoms with van der Waals surface area (Å²) in [7, 11) is 0. The van der Waals surface area contributed by atoms with Crippen molar-refractivity contribution in [2.75, 3.05) is 5.73 Å². The van der Waals surface area contributed by atoms with Crippen LogP contribution in [0, 0.1) is 0 Å². The highest BCUT2D eigenvalue weighted by molar-refractivity contribution is 5.49. The lowest BCUT2D eigenvalue weighted by Gasteiger charge is -1.90. The summed E-state index contributed by atoms with van der Waals surface area (Å²) >= 11 is 0. The van der Waals surface area contributed by atoms with Gasteiger partial charge in [0.15, 0.2) is 0 Å². The van der Waals surface area contributed by atoms with Crippen LogP contribution in [0.4, 0.5) is 5.88 Å². The maximum Gasteiger partial charge on any atom is 0.222 e. The van der Waals surface area contributed by atoms with Crippen LogP contribution in [-0.4, -0.2) is 5.16 Å². The van der Waals surface area contributed by atoms with Gasteiger partial charge < -0.3 is 10.3 Å². The topological polar surface area (TPSA) is 52.0 Å². The molecule has 0 saturated carbocycles. The van der Waals surface area contributed by atoms with Crippen LogP contribution >= 0.6 is 0 Å². The predicted molar refractivity (Wildman–Crippen MR) is 60.1 cm³/mol. The Labute approximate surface area is 88.2 Å². The zero-order valence-electron chi connectivity index (χ0n) is 8.26. The van der Waals surface area contributed by atoms with Crippen molar-refractivity contribution >= 4 is 12.0 Å². The van der Waals surface area contributed by atoms with E-state index in [1.54, 1.807) is 6.07 Å². The second kappa shape index (κ2) is 4.46. The fourth-order valence-corrected chi connectivity index (χ4v) is 1.30. The quantitative estimate of drug-likeness (QED) is 0.828. The number of nitrogens with zero attached hydrogens (tertiary/aromatic N) is 1. The fraction of sp³-hybridized carbons (Fsp3) is 0.0833. The monoisotopic (exact) mass is 200 g/mol. The van der Waals surface area contributed by atoms with Crippen LogP contribution in [0.25, 0.3) is 6.08 Å². The van der Waals surface area contributed by atoms with Crippen molar-refractivity contribution in [3.05, 3.63) is 53.7 Å². The number of nitrogens with two attached hydrogens (primary N) is 1. The minimum absolute atomic E-state index is 0.359. The molecule has 1 aromatic heterocycles. The predicted octanol–water partition coefficient (Wildman–Crippen LogP) is 2.51. The Bertz CT molecular complexity index is 446. The van der Waals surface area contributed by atoms with E-state index in [0.717, 1.165) is 12.1 Å². The molecule has 15 heavy (non-hydrogen) atoms. The van der Waals surface area contributed by atoms with E-state index in [9.17, 15) is 0 Å². The molecule has 0 atom stereocenters. The summed E-state index contributed by atoms with van der Waals surface area (Å²) in [5.74, 6) is 0.359. The summed E-state index contributed by atoms with van der Waals surface area (Å²) in [6, 6.07) is 11.8. The Balaban J connectivity index is 1.96. The van der Waals surface area contributed by atoms with Gasteiger partial charge in [-0.1, -0.05) is 47.6 Å². The molecule has 2 rings (SSSR count). The molecule has 3 nitrogen and oxygen atoms in total. The Hall–Kier alpha value is -2.03. The zero-order valence-corrected chi connectivity index (χ0v) is 8.26. The first-order chi connectivity index (χ1) is 7.34. The lowest BCUT2D eigenvalue weighted by atomic mass is 10.2. The number of rotatable bonds is 3. The van der Waals surface area contributed by atoms with E-state index in [1.807, 2.05) is 42.5 Å². The molecule has 0 aliphatic carbocycles. The molecule has 2 N–H and O–H groups in total. The lowest BCUT2D eigenvalue weighted by Crippen LogP contribution is -1.79. The van der Waals surface area contributed by atoms with Crippen LogP contribution in [0.1, 0.15) is 11.3 Å². The number of nitrogen functional groups attached to an aromatic ring is 1. The van der Waals surface area contributed by atoms with Gasteiger partial charge in [0.25, 0.3) is 0 Å². The molecule has 1 aromatic carbocycles. The third kappa shape index (κ3) is 2.71. The summed E-state index contributed by atoms with van der Waals surface area (Å²) in [6.07, 6.45) is 4.81. The van der Waals surface area contributed by atoms with Crippen molar-refractivity contribution in [2.24, 2.45) is 0 Å². The van der Waals surface area contributed by atoms with Crippen molar-refractivity contribution in [3.8, 4) is 0 Å². The third-order valence-corrected chi connectivity index (χ3v) is 2.01. The number of allylic oxidation sites excluding steroid dienone is 1. The maximum atomic E-state index is 5.41. The van der Waals surface area contributed by atoms with Gasteiger partial charge in [-0.3, -0.25) is 0 Å². The summed E-state index contributed by atoms with van der Waals surface area (Å²) in [4.78, 5) is 0. The minimum atomic E-state index is 0.359. The largest absolute Gasteiger partial charge is 0.368 e. The molecule has 76 valence electrons. The van der Waals surface area contributed by atoms with Gasteiger partial charge in [0, 0.05) is 12.5 Å². The minimum Gasteiger partial charge on any atom is -0.368 e. The van der Waals surface area contributed by atoms with E-state index in [1.165, 1.54) is 5.56 Å². The Morgan fingerprint density at radius 1 is 1.27 bits per heavy atom. The zero-order chi connectivity index (χ0) is 10.5. The van der Waals surface area contributed by atoms with Crippen LogP contribution in [0.3, 0.4) is 0 Å². The Morgan fingerprint density at radius 3 is 2.73 bits per heavy atom. The van der Waals surface area contributed by atoms with Gasteiger partial charge in [-0.05, 0) is 5.56 Å². The van der Waals surface area contributed by atoms with Crippen molar-refractivity contribution in [1.82, 2.24) is 5.16 Å². The van der Waals surface area contributed by atoms with E-state index in [0.29, 0.717) is 5.88 Å². The van der Waals surface area contributed by atoms with E-state index < -0.39 is 0 Å². The molecule has 0 bridgehead atoms. The van der Waals surface area contributed by atoms with Crippen molar-refractivity contribution in [2.45, 2.75) is 6.42 Å². The Kier molecular flexibility index (Phi) is 2.83. The number of aromatic nitrogens is 1. The molecule has 1 heterocycles. The van der Waals surface area contributed by atoms with E-state index in [2.05, 4.69) is 5.16 Å². The molecule has 0 aliphatic rings. The van der Waals surface area contributed by atoms with Crippen LogP contribution in [0.2, 0.25) is 0 Å². The van der Waals surface area contributed by atoms with Gasteiger partial charge >= 0.3 is 0 Å². The molecular weight excluding hydrogens is 188 g/mol. The highest BCUT2D eigenvalue weighted by Crippen LogP contribution is 2.07. The van der Waals surface area contributed by atoms with Crippen LogP contribution < -0.4 is 5.73 Å². The fourth-order valence-electron chi connectivity index (χ4n) is 1.30. The van der Waals surface area contributed by atoms with Gasteiger partial charge in [0.2, 0.25) is 5.88 Å². The second-order valence-electron chi connectivity index (χ2n) is 3.24. The SMILES string of the molecule is Nc1cc(CC=Cc2ccccc2)no1. The first-order valence-corrected chi connectivity index (χ1v) is 4.77. The summed E-state index contributed by atoms with van der Waals surface area (Å²) in [6.45, 7) is 0. The average Bonchev–Trinajstić information content (AvgIpc) is 2.66. The molecule has 0 aliphatic heterocycles. The first-order valence-electron chi connectivity index (χ1n) is 4.77. The van der Waals surface area contributed by atoms with Crippen molar-refractivity contribution in [3.63, 3.8) is 0 Å². The van der Waals surface area contributed by atoms with Crippen LogP contribution in [-0.2, 0) is 6.42 Å². The summed E-state index contributed by atoms with van der Waals surface area (Å²) in [5.41, 5.74) is 7.43. The second-order valence-corrected chi connectivity index (χ2v) is 3.24. The van der Waals surface area contributed by atoms with Gasteiger partial charge in [0.05, 0.1) is 5.69 Å². The highest BCUT2D eigenvalue weighted by Gasteiger charge is 1.96. The van der Waals surface area contributed by atoms with E-state index >= 15 is 0 Å². The van der Waals surface area contributed by atoms with Gasteiger partial charge in [-0.15, -0.1) is 0 Å². The Morgan fingerprint density at radius 2 is 2.07 bits per heavy atom. The van der Waals surface area contributed by atoms with Crippen LogP contribution in [0.5, 0.6) is 0 Å². The molecule has 0 amide bonds. The molecule has 0 fully saturated rings. The number of hydrogen-bond acceptors (Lipinski definition) is 3. The third-order valence-electron chi connectivity index (χ3n) is 2.01. The number of hydrogen-bond donors (Lipinski definition) is 1. The smallest absolute Gasteiger partial charge is 0.222 e. The van der Waals surface area contributed by atoms with Crippen LogP contribution in [0.15, 0.2) is 47.0 Å². The standard InChI is InChI=1S/C12H12N2O/c13-12-9-11(14-15-12)8-4-7-10-5-2-1-3-6-10/h1-7,9H,8,13H2. The molecule has 3 heteroatoms. The molecule has 0 saturated heterocycles. The molecule has 0 spiro atoms. The van der Waals surface area contributed by atoms with Gasteiger partial charge in [-0.2, -0.15) is 0 Å². The molecular formula is C12H12N2O. The molecule has 0 unspecified atom stereocenters. The van der Waals surface area contributed by atoms with E-state index in [-0.39, 0.29) is 0 Å². The van der Waals surface area contributed by atoms with E-state index in [4.69, 9.17) is 10.3 Å². The molecule has 2 aromatic rings. The van der Waals surface area contributed by atoms with Crippen molar-refractivity contribution < 1.29 is 4.52 Å². The highest BCUT2D eigenvalue weighted by atomic mass is 16.5. The lowest BCUT2D eigenvalue weighted by molar-refractivity contribution is 0.429. The average molecular weight is 200 g/mol. The molecule has 0 radical (unpaired) electrons. The first kappa shape index (κ1) is 9.52. The summed E-state index contributed by atoms with van der Waals surface area (Å²) < 4.78 is 4.76. The normalized spacial score (nSPS) is 10.9. The summed E-state index contributed by atoms with van der Waals surface area (Å²) in [5, 5.41) is 3.80. The maximum absolute atomic E-state index is 5.41.